The van der Waals surface area contributed by atoms with Crippen LogP contribution >= 0.6 is 0 Å². The summed E-state index contributed by atoms with van der Waals surface area (Å²) < 4.78 is 39.9. The lowest BCUT2D eigenvalue weighted by molar-refractivity contribution is -0.276. The Morgan fingerprint density at radius 2 is 1.94 bits per heavy atom. The minimum Gasteiger partial charge on any atom is -0.388 e. The molecule has 1 fully saturated rings. The number of piperazine rings is 1. The zero-order valence-corrected chi connectivity index (χ0v) is 9.00. The second kappa shape index (κ2) is 4.79. The van der Waals surface area contributed by atoms with Gasteiger partial charge in [0.1, 0.15) is 5.82 Å². The van der Waals surface area contributed by atoms with E-state index >= 15 is 0 Å². The van der Waals surface area contributed by atoms with Crippen molar-refractivity contribution in [1.82, 2.24) is 10.3 Å². The summed E-state index contributed by atoms with van der Waals surface area (Å²) in [5.74, 6) is 0.0850. The molecule has 1 aromatic heterocycles. The van der Waals surface area contributed by atoms with Gasteiger partial charge in [-0.3, -0.25) is 0 Å². The standard InChI is InChI=1S/C10H12F3N3O/c11-10(12,13)17-9-3-1-2-8(15-9)16-6-4-14-5-7-16/h1-3,14H,4-7H2. The maximum Gasteiger partial charge on any atom is 0.574 e. The summed E-state index contributed by atoms with van der Waals surface area (Å²) in [5, 5.41) is 3.16. The van der Waals surface area contributed by atoms with Crippen LogP contribution in [0.3, 0.4) is 0 Å². The van der Waals surface area contributed by atoms with E-state index in [9.17, 15) is 13.2 Å². The highest BCUT2D eigenvalue weighted by Gasteiger charge is 2.32. The predicted molar refractivity (Wildman–Crippen MR) is 56.0 cm³/mol. The van der Waals surface area contributed by atoms with E-state index in [0.717, 1.165) is 26.2 Å². The first-order valence-electron chi connectivity index (χ1n) is 5.23. The van der Waals surface area contributed by atoms with Gasteiger partial charge in [-0.25, -0.2) is 0 Å². The molecule has 0 saturated carbocycles. The van der Waals surface area contributed by atoms with Crippen LogP contribution in [0, 0.1) is 0 Å². The van der Waals surface area contributed by atoms with E-state index in [2.05, 4.69) is 15.0 Å². The second-order valence-corrected chi connectivity index (χ2v) is 3.62. The highest BCUT2D eigenvalue weighted by Crippen LogP contribution is 2.23. The molecule has 0 aliphatic carbocycles. The highest BCUT2D eigenvalue weighted by atomic mass is 19.4. The first kappa shape index (κ1) is 12.0. The van der Waals surface area contributed by atoms with E-state index < -0.39 is 12.2 Å². The van der Waals surface area contributed by atoms with E-state index in [1.807, 2.05) is 4.90 Å². The first-order valence-corrected chi connectivity index (χ1v) is 5.23. The number of hydrogen-bond acceptors (Lipinski definition) is 4. The molecule has 2 rings (SSSR count). The average molecular weight is 247 g/mol. The Labute approximate surface area is 96.4 Å². The Morgan fingerprint density at radius 1 is 1.24 bits per heavy atom. The molecular formula is C10H12F3N3O. The largest absolute Gasteiger partial charge is 0.574 e. The van der Waals surface area contributed by atoms with Crippen LogP contribution in [0.4, 0.5) is 19.0 Å². The summed E-state index contributed by atoms with van der Waals surface area (Å²) in [6, 6.07) is 4.37. The van der Waals surface area contributed by atoms with Gasteiger partial charge in [-0.2, -0.15) is 4.98 Å². The summed E-state index contributed by atoms with van der Waals surface area (Å²) in [6.45, 7) is 3.04. The Hall–Kier alpha value is -1.50. The van der Waals surface area contributed by atoms with Crippen molar-refractivity contribution in [3.63, 3.8) is 0 Å². The monoisotopic (exact) mass is 247 g/mol. The van der Waals surface area contributed by atoms with Crippen molar-refractivity contribution in [3.05, 3.63) is 18.2 Å². The molecule has 2 heterocycles. The molecule has 0 unspecified atom stereocenters. The summed E-state index contributed by atoms with van der Waals surface area (Å²) in [7, 11) is 0. The molecule has 7 heteroatoms. The van der Waals surface area contributed by atoms with Crippen molar-refractivity contribution in [2.24, 2.45) is 0 Å². The summed E-state index contributed by atoms with van der Waals surface area (Å²) in [5.41, 5.74) is 0. The van der Waals surface area contributed by atoms with Crippen molar-refractivity contribution in [3.8, 4) is 5.88 Å². The number of pyridine rings is 1. The van der Waals surface area contributed by atoms with Gasteiger partial charge in [0.2, 0.25) is 5.88 Å². The maximum absolute atomic E-state index is 12.0. The summed E-state index contributed by atoms with van der Waals surface area (Å²) in [6.07, 6.45) is -4.70. The van der Waals surface area contributed by atoms with Crippen molar-refractivity contribution in [2.75, 3.05) is 31.1 Å². The van der Waals surface area contributed by atoms with E-state index in [-0.39, 0.29) is 0 Å². The van der Waals surface area contributed by atoms with E-state index in [1.54, 1.807) is 6.07 Å². The van der Waals surface area contributed by atoms with Crippen LogP contribution in [0.5, 0.6) is 5.88 Å². The summed E-state index contributed by atoms with van der Waals surface area (Å²) >= 11 is 0. The lowest BCUT2D eigenvalue weighted by atomic mass is 10.3. The Bertz CT molecular complexity index is 377. The normalized spacial score (nSPS) is 17.0. The fourth-order valence-corrected chi connectivity index (χ4v) is 1.65. The average Bonchev–Trinajstić information content (AvgIpc) is 2.28. The molecule has 0 bridgehead atoms. The zero-order valence-electron chi connectivity index (χ0n) is 9.00. The van der Waals surface area contributed by atoms with Gasteiger partial charge in [-0.1, -0.05) is 6.07 Å². The van der Waals surface area contributed by atoms with Gasteiger partial charge in [-0.15, -0.1) is 13.2 Å². The molecule has 1 aliphatic rings. The molecule has 0 atom stereocenters. The van der Waals surface area contributed by atoms with Gasteiger partial charge in [0, 0.05) is 32.2 Å². The van der Waals surface area contributed by atoms with Gasteiger partial charge in [0.15, 0.2) is 0 Å². The number of nitrogens with zero attached hydrogens (tertiary/aromatic N) is 2. The number of hydrogen-bond donors (Lipinski definition) is 1. The fraction of sp³-hybridized carbons (Fsp3) is 0.500. The third-order valence-corrected chi connectivity index (χ3v) is 2.37. The maximum atomic E-state index is 12.0. The minimum absolute atomic E-state index is 0.423. The molecule has 0 aromatic carbocycles. The third-order valence-electron chi connectivity index (χ3n) is 2.37. The topological polar surface area (TPSA) is 37.4 Å². The quantitative estimate of drug-likeness (QED) is 0.857. The van der Waals surface area contributed by atoms with Crippen LogP contribution < -0.4 is 15.0 Å². The molecule has 4 nitrogen and oxygen atoms in total. The van der Waals surface area contributed by atoms with E-state index in [4.69, 9.17) is 0 Å². The zero-order chi connectivity index (χ0) is 12.3. The first-order chi connectivity index (χ1) is 8.04. The fourth-order valence-electron chi connectivity index (χ4n) is 1.65. The van der Waals surface area contributed by atoms with Crippen molar-refractivity contribution < 1.29 is 17.9 Å². The molecule has 1 saturated heterocycles. The molecule has 94 valence electrons. The number of alkyl halides is 3. The van der Waals surface area contributed by atoms with Gasteiger partial charge < -0.3 is 15.0 Å². The molecule has 0 radical (unpaired) electrons. The molecular weight excluding hydrogens is 235 g/mol. The predicted octanol–water partition coefficient (Wildman–Crippen LogP) is 1.39. The van der Waals surface area contributed by atoms with Crippen LogP contribution in [0.2, 0.25) is 0 Å². The smallest absolute Gasteiger partial charge is 0.388 e. The Balaban J connectivity index is 2.10. The lowest BCUT2D eigenvalue weighted by Crippen LogP contribution is -2.43. The van der Waals surface area contributed by atoms with Gasteiger partial charge in [0.05, 0.1) is 0 Å². The third kappa shape index (κ3) is 3.48. The molecule has 1 N–H and O–H groups in total. The number of aromatic nitrogens is 1. The van der Waals surface area contributed by atoms with Gasteiger partial charge in [-0.05, 0) is 6.07 Å². The van der Waals surface area contributed by atoms with Crippen LogP contribution in [0.1, 0.15) is 0 Å². The molecule has 1 aromatic rings. The Morgan fingerprint density at radius 3 is 2.59 bits per heavy atom. The summed E-state index contributed by atoms with van der Waals surface area (Å²) in [4.78, 5) is 5.75. The molecule has 1 aliphatic heterocycles. The lowest BCUT2D eigenvalue weighted by Gasteiger charge is -2.28. The molecule has 0 spiro atoms. The molecule has 0 amide bonds. The van der Waals surface area contributed by atoms with Crippen LogP contribution in [0.25, 0.3) is 0 Å². The van der Waals surface area contributed by atoms with Crippen LogP contribution in [-0.2, 0) is 0 Å². The SMILES string of the molecule is FC(F)(F)Oc1cccc(N2CCNCC2)n1. The number of nitrogens with one attached hydrogen (secondary N) is 1. The van der Waals surface area contributed by atoms with Crippen LogP contribution in [0.15, 0.2) is 18.2 Å². The van der Waals surface area contributed by atoms with E-state index in [0.29, 0.717) is 5.82 Å². The van der Waals surface area contributed by atoms with Crippen LogP contribution in [-0.4, -0.2) is 37.5 Å². The number of halogens is 3. The van der Waals surface area contributed by atoms with Gasteiger partial charge in [0.25, 0.3) is 0 Å². The van der Waals surface area contributed by atoms with E-state index in [1.165, 1.54) is 12.1 Å². The second-order valence-electron chi connectivity index (χ2n) is 3.62. The number of rotatable bonds is 2. The number of ether oxygens (including phenoxy) is 1. The van der Waals surface area contributed by atoms with Crippen molar-refractivity contribution >= 4 is 5.82 Å². The van der Waals surface area contributed by atoms with Crippen molar-refractivity contribution in [1.29, 1.82) is 0 Å². The highest BCUT2D eigenvalue weighted by molar-refractivity contribution is 5.41. The Kier molecular flexibility index (Phi) is 3.37. The van der Waals surface area contributed by atoms with Gasteiger partial charge >= 0.3 is 6.36 Å². The molecule has 17 heavy (non-hydrogen) atoms. The number of anilines is 1. The minimum atomic E-state index is -4.70. The van der Waals surface area contributed by atoms with Crippen molar-refractivity contribution in [2.45, 2.75) is 6.36 Å².